The van der Waals surface area contributed by atoms with Crippen LogP contribution in [0.4, 0.5) is 0 Å². The summed E-state index contributed by atoms with van der Waals surface area (Å²) in [6, 6.07) is 12.9. The van der Waals surface area contributed by atoms with E-state index < -0.39 is 17.7 Å². The number of ketones is 1. The van der Waals surface area contributed by atoms with Crippen LogP contribution >= 0.6 is 0 Å². The van der Waals surface area contributed by atoms with Crippen LogP contribution in [0, 0.1) is 0 Å². The molecular weight excluding hydrogens is 382 g/mol. The average molecular weight is 405 g/mol. The number of ether oxygens (including phenoxy) is 2. The molecule has 2 aromatic carbocycles. The van der Waals surface area contributed by atoms with Crippen molar-refractivity contribution in [1.82, 2.24) is 4.90 Å². The number of aliphatic hydroxyl groups excluding tert-OH is 1. The highest BCUT2D eigenvalue weighted by atomic mass is 16.5. The largest absolute Gasteiger partial charge is 0.507 e. The van der Waals surface area contributed by atoms with Gasteiger partial charge in [0, 0.05) is 12.1 Å². The summed E-state index contributed by atoms with van der Waals surface area (Å²) in [6.07, 6.45) is 3.18. The topological polar surface area (TPSA) is 76.1 Å². The van der Waals surface area contributed by atoms with Crippen LogP contribution in [0.3, 0.4) is 0 Å². The Morgan fingerprint density at radius 2 is 1.67 bits per heavy atom. The smallest absolute Gasteiger partial charge is 0.295 e. The van der Waals surface area contributed by atoms with Gasteiger partial charge >= 0.3 is 0 Å². The van der Waals surface area contributed by atoms with E-state index in [9.17, 15) is 14.7 Å². The van der Waals surface area contributed by atoms with Crippen molar-refractivity contribution in [2.75, 3.05) is 20.3 Å². The number of aliphatic hydroxyl groups is 1. The highest BCUT2D eigenvalue weighted by Gasteiger charge is 2.45. The van der Waals surface area contributed by atoms with Gasteiger partial charge in [0.05, 0.1) is 18.7 Å². The Balaban J connectivity index is 2.07. The molecule has 1 aliphatic rings. The summed E-state index contributed by atoms with van der Waals surface area (Å²) in [5.74, 6) is -0.402. The molecule has 1 saturated heterocycles. The SMILES string of the molecule is C=CCOc1ccc(C(O)=C2C(=O)C(=O)N(CC=C)C2c2ccc(OC)cc2)cc1. The van der Waals surface area contributed by atoms with Gasteiger partial charge in [-0.05, 0) is 42.0 Å². The van der Waals surface area contributed by atoms with Crippen LogP contribution in [-0.2, 0) is 9.59 Å². The van der Waals surface area contributed by atoms with E-state index in [1.54, 1.807) is 67.8 Å². The van der Waals surface area contributed by atoms with E-state index in [1.807, 2.05) is 0 Å². The summed E-state index contributed by atoms with van der Waals surface area (Å²) >= 11 is 0. The predicted molar refractivity (Wildman–Crippen MR) is 114 cm³/mol. The molecule has 0 radical (unpaired) electrons. The fourth-order valence-electron chi connectivity index (χ4n) is 3.36. The number of Topliss-reactive ketones (excluding diaryl/α,β-unsaturated/α-hetero) is 1. The van der Waals surface area contributed by atoms with Crippen molar-refractivity contribution < 1.29 is 24.2 Å². The van der Waals surface area contributed by atoms with E-state index in [-0.39, 0.29) is 17.9 Å². The van der Waals surface area contributed by atoms with Crippen molar-refractivity contribution in [1.29, 1.82) is 0 Å². The fourth-order valence-corrected chi connectivity index (χ4v) is 3.36. The number of nitrogens with zero attached hydrogens (tertiary/aromatic N) is 1. The number of likely N-dealkylation sites (tertiary alicyclic amines) is 1. The molecule has 6 nitrogen and oxygen atoms in total. The van der Waals surface area contributed by atoms with Gasteiger partial charge in [0.2, 0.25) is 0 Å². The highest BCUT2D eigenvalue weighted by Crippen LogP contribution is 2.39. The van der Waals surface area contributed by atoms with Crippen molar-refractivity contribution in [3.63, 3.8) is 0 Å². The number of rotatable bonds is 8. The van der Waals surface area contributed by atoms with Crippen molar-refractivity contribution in [2.24, 2.45) is 0 Å². The van der Waals surface area contributed by atoms with Crippen molar-refractivity contribution in [3.05, 3.63) is 90.5 Å². The Morgan fingerprint density at radius 3 is 2.23 bits per heavy atom. The molecule has 2 aromatic rings. The zero-order valence-corrected chi connectivity index (χ0v) is 16.7. The molecular formula is C24H23NO5. The molecule has 1 fully saturated rings. The predicted octanol–water partition coefficient (Wildman–Crippen LogP) is 3.87. The van der Waals surface area contributed by atoms with Crippen LogP contribution in [0.1, 0.15) is 17.2 Å². The minimum Gasteiger partial charge on any atom is -0.507 e. The molecule has 0 bridgehead atoms. The first-order valence-electron chi connectivity index (χ1n) is 9.39. The van der Waals surface area contributed by atoms with Gasteiger partial charge in [0.15, 0.2) is 0 Å². The number of carbonyl (C=O) groups is 2. The third-order valence-electron chi connectivity index (χ3n) is 4.79. The van der Waals surface area contributed by atoms with Crippen LogP contribution in [-0.4, -0.2) is 42.0 Å². The average Bonchev–Trinajstić information content (AvgIpc) is 3.03. The number of amides is 1. The molecule has 1 N–H and O–H groups in total. The second-order valence-electron chi connectivity index (χ2n) is 6.64. The van der Waals surface area contributed by atoms with Gasteiger partial charge in [-0.3, -0.25) is 9.59 Å². The van der Waals surface area contributed by atoms with Crippen LogP contribution in [0.5, 0.6) is 11.5 Å². The van der Waals surface area contributed by atoms with E-state index in [0.29, 0.717) is 29.2 Å². The van der Waals surface area contributed by atoms with Gasteiger partial charge in [-0.25, -0.2) is 0 Å². The molecule has 1 amide bonds. The lowest BCUT2D eigenvalue weighted by atomic mass is 9.95. The van der Waals surface area contributed by atoms with Gasteiger partial charge in [0.1, 0.15) is 23.9 Å². The van der Waals surface area contributed by atoms with Gasteiger partial charge in [-0.2, -0.15) is 0 Å². The Labute approximate surface area is 175 Å². The summed E-state index contributed by atoms with van der Waals surface area (Å²) in [4.78, 5) is 26.9. The number of methoxy groups -OCH3 is 1. The van der Waals surface area contributed by atoms with E-state index >= 15 is 0 Å². The first-order valence-corrected chi connectivity index (χ1v) is 9.39. The van der Waals surface area contributed by atoms with Gasteiger partial charge in [0.25, 0.3) is 11.7 Å². The second-order valence-corrected chi connectivity index (χ2v) is 6.64. The van der Waals surface area contributed by atoms with Crippen LogP contribution < -0.4 is 9.47 Å². The molecule has 3 rings (SSSR count). The monoisotopic (exact) mass is 405 g/mol. The maximum absolute atomic E-state index is 12.8. The third kappa shape index (κ3) is 3.98. The van der Waals surface area contributed by atoms with Gasteiger partial charge < -0.3 is 19.5 Å². The first-order chi connectivity index (χ1) is 14.5. The minimum atomic E-state index is -0.734. The molecule has 1 aliphatic heterocycles. The Kier molecular flexibility index (Phi) is 6.37. The minimum absolute atomic E-state index is 0.0341. The van der Waals surface area contributed by atoms with Crippen molar-refractivity contribution in [2.45, 2.75) is 6.04 Å². The normalized spacial score (nSPS) is 17.6. The second kappa shape index (κ2) is 9.13. The highest BCUT2D eigenvalue weighted by molar-refractivity contribution is 6.46. The lowest BCUT2D eigenvalue weighted by molar-refractivity contribution is -0.139. The Morgan fingerprint density at radius 1 is 1.03 bits per heavy atom. The quantitative estimate of drug-likeness (QED) is 0.312. The summed E-state index contributed by atoms with van der Waals surface area (Å²) in [7, 11) is 1.56. The van der Waals surface area contributed by atoms with E-state index in [0.717, 1.165) is 0 Å². The number of hydrogen-bond donors (Lipinski definition) is 1. The molecule has 1 heterocycles. The molecule has 0 saturated carbocycles. The third-order valence-corrected chi connectivity index (χ3v) is 4.79. The number of benzene rings is 2. The Hall–Kier alpha value is -3.80. The summed E-state index contributed by atoms with van der Waals surface area (Å²) < 4.78 is 10.6. The number of hydrogen-bond acceptors (Lipinski definition) is 5. The molecule has 0 aliphatic carbocycles. The zero-order chi connectivity index (χ0) is 21.7. The maximum Gasteiger partial charge on any atom is 0.295 e. The Bertz CT molecular complexity index is 989. The first kappa shape index (κ1) is 20.9. The molecule has 1 atom stereocenters. The van der Waals surface area contributed by atoms with Gasteiger partial charge in [-0.1, -0.05) is 30.9 Å². The molecule has 30 heavy (non-hydrogen) atoms. The van der Waals surface area contributed by atoms with Crippen LogP contribution in [0.2, 0.25) is 0 Å². The van der Waals surface area contributed by atoms with Crippen LogP contribution in [0.25, 0.3) is 5.76 Å². The summed E-state index contributed by atoms with van der Waals surface area (Å²) in [5.41, 5.74) is 1.13. The molecule has 0 spiro atoms. The maximum atomic E-state index is 12.8. The van der Waals surface area contributed by atoms with Crippen LogP contribution in [0.15, 0.2) is 79.4 Å². The molecule has 1 unspecified atom stereocenters. The van der Waals surface area contributed by atoms with Gasteiger partial charge in [-0.15, -0.1) is 6.58 Å². The van der Waals surface area contributed by atoms with E-state index in [2.05, 4.69) is 13.2 Å². The van der Waals surface area contributed by atoms with Crippen molar-refractivity contribution in [3.8, 4) is 11.5 Å². The van der Waals surface area contributed by atoms with E-state index in [1.165, 1.54) is 4.90 Å². The molecule has 6 heteroatoms. The van der Waals surface area contributed by atoms with Crippen molar-refractivity contribution >= 4 is 17.4 Å². The lowest BCUT2D eigenvalue weighted by Gasteiger charge is -2.24. The summed E-state index contributed by atoms with van der Waals surface area (Å²) in [6.45, 7) is 7.80. The standard InChI is InChI=1S/C24H23NO5/c1-4-14-25-21(16-6-10-18(29-3)11-7-16)20(23(27)24(25)28)22(26)17-8-12-19(13-9-17)30-15-5-2/h4-13,21,26H,1-2,14-15H2,3H3. The van der Waals surface area contributed by atoms with E-state index in [4.69, 9.17) is 9.47 Å². The summed E-state index contributed by atoms with van der Waals surface area (Å²) in [5, 5.41) is 11.0. The molecule has 0 aromatic heterocycles. The fraction of sp³-hybridized carbons (Fsp3) is 0.167. The lowest BCUT2D eigenvalue weighted by Crippen LogP contribution is -2.29. The number of carbonyl (C=O) groups excluding carboxylic acids is 2. The zero-order valence-electron chi connectivity index (χ0n) is 16.7. The molecule has 154 valence electrons.